The SMILES string of the molecule is COc1cc(F)c(Cc2cc3ccccc3s2)cc1C1CC(OC(C)=O)[C@H](OC(C)=O)C(COC(C)=O)O1. The molecule has 8 nitrogen and oxygen atoms in total. The highest BCUT2D eigenvalue weighted by molar-refractivity contribution is 7.19. The lowest BCUT2D eigenvalue weighted by atomic mass is 9.91. The summed E-state index contributed by atoms with van der Waals surface area (Å²) in [4.78, 5) is 36.2. The number of benzene rings is 2. The van der Waals surface area contributed by atoms with Crippen LogP contribution in [-0.2, 0) is 39.8 Å². The second-order valence-corrected chi connectivity index (χ2v) is 10.2. The van der Waals surface area contributed by atoms with Gasteiger partial charge in [-0.15, -0.1) is 11.3 Å². The standard InChI is InChI=1S/C28H29FO8S/c1-15(30)34-14-26-28(36-17(3)32)25(35-16(2)31)13-24(37-26)21-11-19(22(29)12-23(21)33-4)10-20-9-18-7-5-6-8-27(18)38-20/h5-9,11-12,24-26,28H,10,13-14H2,1-4H3/t24?,25?,26?,28-/m0/s1. The molecule has 1 fully saturated rings. The molecule has 10 heteroatoms. The van der Waals surface area contributed by atoms with Gasteiger partial charge in [0.15, 0.2) is 6.10 Å². The zero-order valence-corrected chi connectivity index (χ0v) is 22.3. The van der Waals surface area contributed by atoms with Crippen molar-refractivity contribution in [3.8, 4) is 5.75 Å². The lowest BCUT2D eigenvalue weighted by Crippen LogP contribution is -2.51. The Hall–Kier alpha value is -3.50. The number of halogens is 1. The Bertz CT molecular complexity index is 1300. The molecule has 4 rings (SSSR count). The third kappa shape index (κ3) is 6.49. The molecule has 0 radical (unpaired) electrons. The summed E-state index contributed by atoms with van der Waals surface area (Å²) in [5.74, 6) is -1.90. The van der Waals surface area contributed by atoms with Crippen LogP contribution in [0, 0.1) is 5.82 Å². The van der Waals surface area contributed by atoms with E-state index in [1.807, 2.05) is 30.3 Å². The predicted octanol–water partition coefficient (Wildman–Crippen LogP) is 4.90. The molecule has 4 atom stereocenters. The molecule has 0 spiro atoms. The summed E-state index contributed by atoms with van der Waals surface area (Å²) in [5.41, 5.74) is 0.981. The Kier molecular flexibility index (Phi) is 8.63. The Labute approximate surface area is 223 Å². The van der Waals surface area contributed by atoms with E-state index in [-0.39, 0.29) is 18.8 Å². The van der Waals surface area contributed by atoms with Gasteiger partial charge < -0.3 is 23.7 Å². The van der Waals surface area contributed by atoms with Crippen molar-refractivity contribution in [1.29, 1.82) is 0 Å². The molecule has 0 amide bonds. The summed E-state index contributed by atoms with van der Waals surface area (Å²) in [5, 5.41) is 1.09. The average Bonchev–Trinajstić information content (AvgIpc) is 3.27. The predicted molar refractivity (Wildman–Crippen MR) is 138 cm³/mol. The van der Waals surface area contributed by atoms with Crippen LogP contribution in [0.15, 0.2) is 42.5 Å². The highest BCUT2D eigenvalue weighted by Gasteiger charge is 2.44. The van der Waals surface area contributed by atoms with Crippen molar-refractivity contribution in [3.63, 3.8) is 0 Å². The maximum Gasteiger partial charge on any atom is 0.303 e. The molecule has 0 aliphatic carbocycles. The van der Waals surface area contributed by atoms with Gasteiger partial charge in [0.2, 0.25) is 0 Å². The zero-order valence-electron chi connectivity index (χ0n) is 21.5. The Morgan fingerprint density at radius 2 is 1.76 bits per heavy atom. The number of hydrogen-bond acceptors (Lipinski definition) is 9. The molecular formula is C28H29FO8S. The molecule has 0 bridgehead atoms. The fourth-order valence-corrected chi connectivity index (χ4v) is 5.72. The van der Waals surface area contributed by atoms with E-state index in [9.17, 15) is 14.4 Å². The Morgan fingerprint density at radius 1 is 1.03 bits per heavy atom. The van der Waals surface area contributed by atoms with E-state index in [1.165, 1.54) is 33.9 Å². The van der Waals surface area contributed by atoms with Crippen LogP contribution >= 0.6 is 11.3 Å². The monoisotopic (exact) mass is 544 g/mol. The highest BCUT2D eigenvalue weighted by atomic mass is 32.1. The molecule has 2 aromatic carbocycles. The van der Waals surface area contributed by atoms with Gasteiger partial charge in [0, 0.05) is 54.8 Å². The lowest BCUT2D eigenvalue weighted by Gasteiger charge is -2.40. The fourth-order valence-electron chi connectivity index (χ4n) is 4.63. The first-order valence-electron chi connectivity index (χ1n) is 12.1. The summed E-state index contributed by atoms with van der Waals surface area (Å²) < 4.78 is 44.1. The van der Waals surface area contributed by atoms with Gasteiger partial charge in [-0.05, 0) is 29.1 Å². The van der Waals surface area contributed by atoms with Gasteiger partial charge in [0.1, 0.15) is 30.4 Å². The largest absolute Gasteiger partial charge is 0.496 e. The maximum atomic E-state index is 15.2. The van der Waals surface area contributed by atoms with Crippen molar-refractivity contribution >= 4 is 39.3 Å². The van der Waals surface area contributed by atoms with Crippen LogP contribution in [0.1, 0.15) is 49.3 Å². The first kappa shape index (κ1) is 27.5. The third-order valence-electron chi connectivity index (χ3n) is 6.18. The van der Waals surface area contributed by atoms with Gasteiger partial charge in [-0.2, -0.15) is 0 Å². The van der Waals surface area contributed by atoms with Crippen molar-refractivity contribution in [2.75, 3.05) is 13.7 Å². The molecule has 0 N–H and O–H groups in total. The molecule has 1 aliphatic heterocycles. The zero-order chi connectivity index (χ0) is 27.4. The van der Waals surface area contributed by atoms with Crippen molar-refractivity contribution in [2.24, 2.45) is 0 Å². The van der Waals surface area contributed by atoms with E-state index in [1.54, 1.807) is 17.4 Å². The lowest BCUT2D eigenvalue weighted by molar-refractivity contribution is -0.216. The smallest absolute Gasteiger partial charge is 0.303 e. The second kappa shape index (κ2) is 11.9. The van der Waals surface area contributed by atoms with Crippen LogP contribution < -0.4 is 4.74 Å². The summed E-state index contributed by atoms with van der Waals surface area (Å²) in [6.45, 7) is 3.48. The maximum absolute atomic E-state index is 15.2. The van der Waals surface area contributed by atoms with Crippen molar-refractivity contribution in [2.45, 2.75) is 58.0 Å². The molecule has 1 aromatic heterocycles. The second-order valence-electron chi connectivity index (χ2n) is 9.04. The van der Waals surface area contributed by atoms with Crippen LogP contribution in [0.4, 0.5) is 4.39 Å². The summed E-state index contributed by atoms with van der Waals surface area (Å²) in [6.07, 6.45) is -3.10. The topological polar surface area (TPSA) is 97.4 Å². The molecule has 1 saturated heterocycles. The normalized spacial score (nSPS) is 21.1. The van der Waals surface area contributed by atoms with Crippen molar-refractivity contribution in [3.05, 3.63) is 64.3 Å². The van der Waals surface area contributed by atoms with E-state index in [2.05, 4.69) is 0 Å². The Balaban J connectivity index is 1.69. The van der Waals surface area contributed by atoms with Gasteiger partial charge in [-0.1, -0.05) is 18.2 Å². The van der Waals surface area contributed by atoms with E-state index < -0.39 is 48.1 Å². The number of rotatable bonds is 8. The fraction of sp³-hybridized carbons (Fsp3) is 0.393. The number of ether oxygens (including phenoxy) is 5. The van der Waals surface area contributed by atoms with Crippen LogP contribution in [-0.4, -0.2) is 49.9 Å². The van der Waals surface area contributed by atoms with Gasteiger partial charge >= 0.3 is 17.9 Å². The quantitative estimate of drug-likeness (QED) is 0.292. The van der Waals surface area contributed by atoms with Gasteiger partial charge in [-0.25, -0.2) is 4.39 Å². The molecular weight excluding hydrogens is 515 g/mol. The average molecular weight is 545 g/mol. The number of fused-ring (bicyclic) bond motifs is 1. The van der Waals surface area contributed by atoms with Crippen LogP contribution in [0.5, 0.6) is 5.75 Å². The van der Waals surface area contributed by atoms with Crippen LogP contribution in [0.3, 0.4) is 0 Å². The van der Waals surface area contributed by atoms with E-state index in [0.29, 0.717) is 17.5 Å². The number of methoxy groups -OCH3 is 1. The Morgan fingerprint density at radius 3 is 2.42 bits per heavy atom. The number of esters is 3. The number of carbonyl (C=O) groups is 3. The first-order valence-corrected chi connectivity index (χ1v) is 12.9. The molecule has 38 heavy (non-hydrogen) atoms. The van der Waals surface area contributed by atoms with Gasteiger partial charge in [0.25, 0.3) is 0 Å². The number of thiophene rings is 1. The minimum atomic E-state index is -1.00. The number of hydrogen-bond donors (Lipinski definition) is 0. The van der Waals surface area contributed by atoms with Crippen molar-refractivity contribution in [1.82, 2.24) is 0 Å². The van der Waals surface area contributed by atoms with Gasteiger partial charge in [0.05, 0.1) is 13.2 Å². The van der Waals surface area contributed by atoms with Crippen LogP contribution in [0.25, 0.3) is 10.1 Å². The molecule has 3 aromatic rings. The number of carbonyl (C=O) groups excluding carboxylic acids is 3. The van der Waals surface area contributed by atoms with E-state index in [4.69, 9.17) is 23.7 Å². The van der Waals surface area contributed by atoms with E-state index in [0.717, 1.165) is 15.0 Å². The highest BCUT2D eigenvalue weighted by Crippen LogP contribution is 2.40. The summed E-state index contributed by atoms with van der Waals surface area (Å²) in [6, 6.07) is 13.0. The molecule has 2 heterocycles. The molecule has 1 aliphatic rings. The van der Waals surface area contributed by atoms with Gasteiger partial charge in [-0.3, -0.25) is 14.4 Å². The minimum absolute atomic E-state index is 0.110. The molecule has 0 saturated carbocycles. The molecule has 202 valence electrons. The van der Waals surface area contributed by atoms with Crippen molar-refractivity contribution < 1.29 is 42.5 Å². The third-order valence-corrected chi connectivity index (χ3v) is 7.29. The van der Waals surface area contributed by atoms with Crippen LogP contribution in [0.2, 0.25) is 0 Å². The summed E-state index contributed by atoms with van der Waals surface area (Å²) in [7, 11) is 1.42. The molecule has 3 unspecified atom stereocenters. The first-order chi connectivity index (χ1) is 18.1. The summed E-state index contributed by atoms with van der Waals surface area (Å²) >= 11 is 1.59. The minimum Gasteiger partial charge on any atom is -0.496 e. The van der Waals surface area contributed by atoms with E-state index >= 15 is 4.39 Å².